The average Bonchev–Trinajstić information content (AvgIpc) is 2.30. The summed E-state index contributed by atoms with van der Waals surface area (Å²) in [4.78, 5) is 22.4. The number of carbonyl (C=O) groups excluding carboxylic acids is 1. The zero-order valence-electron chi connectivity index (χ0n) is 11.4. The van der Waals surface area contributed by atoms with E-state index >= 15 is 0 Å². The third kappa shape index (κ3) is 5.57. The highest BCUT2D eigenvalue weighted by atomic mass is 35.5. The van der Waals surface area contributed by atoms with E-state index in [1.165, 1.54) is 12.1 Å². The molecule has 2 N–H and O–H groups in total. The first kappa shape index (κ1) is 16.4. The van der Waals surface area contributed by atoms with Crippen LogP contribution in [0.5, 0.6) is 0 Å². The van der Waals surface area contributed by atoms with Gasteiger partial charge in [0.25, 0.3) is 0 Å². The molecule has 0 aliphatic carbocycles. The molecule has 0 aliphatic rings. The van der Waals surface area contributed by atoms with Gasteiger partial charge in [0.15, 0.2) is 0 Å². The molecule has 0 spiro atoms. The average molecular weight is 302 g/mol. The van der Waals surface area contributed by atoms with Gasteiger partial charge in [-0.05, 0) is 38.0 Å². The molecule has 110 valence electrons. The normalized spacial score (nSPS) is 11.2. The van der Waals surface area contributed by atoms with Gasteiger partial charge in [0.1, 0.15) is 5.82 Å². The van der Waals surface area contributed by atoms with Crippen molar-refractivity contribution in [2.24, 2.45) is 0 Å². The third-order valence-corrected chi connectivity index (χ3v) is 3.16. The summed E-state index contributed by atoms with van der Waals surface area (Å²) in [5, 5.41) is 11.6. The molecule has 0 atom stereocenters. The minimum absolute atomic E-state index is 0.0232. The van der Waals surface area contributed by atoms with E-state index in [4.69, 9.17) is 16.7 Å². The fraction of sp³-hybridized carbons (Fsp3) is 0.429. The molecule has 20 heavy (non-hydrogen) atoms. The van der Waals surface area contributed by atoms with Crippen LogP contribution in [0.2, 0.25) is 5.02 Å². The molecular weight excluding hydrogens is 285 g/mol. The molecule has 0 saturated heterocycles. The van der Waals surface area contributed by atoms with Gasteiger partial charge in [0.05, 0.1) is 6.42 Å². The van der Waals surface area contributed by atoms with E-state index in [0.717, 1.165) is 6.07 Å². The predicted octanol–water partition coefficient (Wildman–Crippen LogP) is 2.78. The van der Waals surface area contributed by atoms with Crippen LogP contribution in [0, 0.1) is 5.82 Å². The second kappa shape index (κ2) is 6.70. The topological polar surface area (TPSA) is 66.4 Å². The Kier molecular flexibility index (Phi) is 5.51. The molecule has 0 heterocycles. The Morgan fingerprint density at radius 1 is 1.40 bits per heavy atom. The van der Waals surface area contributed by atoms with Gasteiger partial charge in [-0.1, -0.05) is 17.7 Å². The van der Waals surface area contributed by atoms with Crippen molar-refractivity contribution in [3.8, 4) is 0 Å². The van der Waals surface area contributed by atoms with Crippen LogP contribution in [0.4, 0.5) is 4.39 Å². The fourth-order valence-corrected chi connectivity index (χ4v) is 1.98. The lowest BCUT2D eigenvalue weighted by atomic mass is 9.98. The fourth-order valence-electron chi connectivity index (χ4n) is 1.74. The smallest absolute Gasteiger partial charge is 0.303 e. The molecule has 4 nitrogen and oxygen atoms in total. The van der Waals surface area contributed by atoms with Crippen LogP contribution in [-0.4, -0.2) is 22.5 Å². The number of benzene rings is 1. The lowest BCUT2D eigenvalue weighted by Gasteiger charge is -2.25. The Morgan fingerprint density at radius 3 is 2.60 bits per heavy atom. The largest absolute Gasteiger partial charge is 0.481 e. The SMILES string of the molecule is CC(C)(CCC(=O)O)NC(=O)Cc1ccc(F)cc1Cl. The van der Waals surface area contributed by atoms with Crippen LogP contribution < -0.4 is 5.32 Å². The number of carboxylic acids is 1. The Bertz CT molecular complexity index is 517. The minimum atomic E-state index is -0.908. The van der Waals surface area contributed by atoms with Gasteiger partial charge in [0, 0.05) is 17.0 Å². The molecule has 0 saturated carbocycles. The van der Waals surface area contributed by atoms with Crippen LogP contribution in [0.15, 0.2) is 18.2 Å². The van der Waals surface area contributed by atoms with Crippen molar-refractivity contribution in [1.82, 2.24) is 5.32 Å². The Hall–Kier alpha value is -1.62. The number of carboxylic acid groups (broad SMARTS) is 1. The summed E-state index contributed by atoms with van der Waals surface area (Å²) >= 11 is 5.85. The van der Waals surface area contributed by atoms with Crippen molar-refractivity contribution in [1.29, 1.82) is 0 Å². The van der Waals surface area contributed by atoms with Crippen molar-refractivity contribution in [3.63, 3.8) is 0 Å². The molecule has 1 amide bonds. The molecule has 1 aromatic rings. The Labute approximate surface area is 121 Å². The van der Waals surface area contributed by atoms with Crippen LogP contribution in [-0.2, 0) is 16.0 Å². The number of amides is 1. The first-order valence-electron chi connectivity index (χ1n) is 6.16. The summed E-state index contributed by atoms with van der Waals surface area (Å²) in [7, 11) is 0. The summed E-state index contributed by atoms with van der Waals surface area (Å²) in [5.41, 5.74) is -0.0956. The first-order chi connectivity index (χ1) is 9.19. The van der Waals surface area contributed by atoms with Gasteiger partial charge in [-0.15, -0.1) is 0 Å². The Morgan fingerprint density at radius 2 is 2.05 bits per heavy atom. The maximum absolute atomic E-state index is 12.9. The zero-order chi connectivity index (χ0) is 15.3. The summed E-state index contributed by atoms with van der Waals surface area (Å²) in [6.07, 6.45) is 0.325. The highest BCUT2D eigenvalue weighted by molar-refractivity contribution is 6.31. The molecule has 0 unspecified atom stereocenters. The summed E-state index contributed by atoms with van der Waals surface area (Å²) in [6, 6.07) is 3.85. The molecule has 0 bridgehead atoms. The Balaban J connectivity index is 2.60. The van der Waals surface area contributed by atoms with Gasteiger partial charge >= 0.3 is 5.97 Å². The number of hydrogen-bond donors (Lipinski definition) is 2. The van der Waals surface area contributed by atoms with Crippen LogP contribution in [0.25, 0.3) is 0 Å². The maximum atomic E-state index is 12.9. The van der Waals surface area contributed by atoms with E-state index in [1.807, 2.05) is 0 Å². The number of nitrogens with one attached hydrogen (secondary N) is 1. The monoisotopic (exact) mass is 301 g/mol. The van der Waals surface area contributed by atoms with Crippen LogP contribution in [0.3, 0.4) is 0 Å². The van der Waals surface area contributed by atoms with E-state index in [-0.39, 0.29) is 23.8 Å². The van der Waals surface area contributed by atoms with E-state index in [9.17, 15) is 14.0 Å². The predicted molar refractivity (Wildman–Crippen MR) is 74.2 cm³/mol. The van der Waals surface area contributed by atoms with Crippen molar-refractivity contribution in [2.75, 3.05) is 0 Å². The molecule has 0 aliphatic heterocycles. The van der Waals surface area contributed by atoms with E-state index in [1.54, 1.807) is 13.8 Å². The minimum Gasteiger partial charge on any atom is -0.481 e. The second-order valence-corrected chi connectivity index (χ2v) is 5.65. The number of rotatable bonds is 6. The van der Waals surface area contributed by atoms with Gasteiger partial charge in [-0.3, -0.25) is 9.59 Å². The zero-order valence-corrected chi connectivity index (χ0v) is 12.1. The number of carbonyl (C=O) groups is 2. The molecule has 0 aromatic heterocycles. The number of aliphatic carboxylic acids is 1. The van der Waals surface area contributed by atoms with Crippen molar-refractivity contribution >= 4 is 23.5 Å². The summed E-state index contributed by atoms with van der Waals surface area (Å²) in [5.74, 6) is -1.65. The lowest BCUT2D eigenvalue weighted by Crippen LogP contribution is -2.44. The highest BCUT2D eigenvalue weighted by Crippen LogP contribution is 2.18. The quantitative estimate of drug-likeness (QED) is 0.849. The second-order valence-electron chi connectivity index (χ2n) is 5.24. The van der Waals surface area contributed by atoms with Gasteiger partial charge < -0.3 is 10.4 Å². The summed E-state index contributed by atoms with van der Waals surface area (Å²) < 4.78 is 12.9. The van der Waals surface area contributed by atoms with Crippen molar-refractivity contribution in [3.05, 3.63) is 34.6 Å². The van der Waals surface area contributed by atoms with Gasteiger partial charge in [-0.2, -0.15) is 0 Å². The van der Waals surface area contributed by atoms with Crippen molar-refractivity contribution in [2.45, 2.75) is 38.6 Å². The van der Waals surface area contributed by atoms with Gasteiger partial charge in [0.2, 0.25) is 5.91 Å². The van der Waals surface area contributed by atoms with E-state index in [2.05, 4.69) is 5.32 Å². The molecule has 1 aromatic carbocycles. The number of halogens is 2. The van der Waals surface area contributed by atoms with Gasteiger partial charge in [-0.25, -0.2) is 4.39 Å². The molecule has 1 rings (SSSR count). The molecule has 0 fully saturated rings. The van der Waals surface area contributed by atoms with E-state index < -0.39 is 17.3 Å². The van der Waals surface area contributed by atoms with E-state index in [0.29, 0.717) is 12.0 Å². The van der Waals surface area contributed by atoms with Crippen LogP contribution in [0.1, 0.15) is 32.3 Å². The third-order valence-electron chi connectivity index (χ3n) is 2.81. The van der Waals surface area contributed by atoms with Crippen molar-refractivity contribution < 1.29 is 19.1 Å². The highest BCUT2D eigenvalue weighted by Gasteiger charge is 2.21. The maximum Gasteiger partial charge on any atom is 0.303 e. The standard InChI is InChI=1S/C14H17ClFNO3/c1-14(2,6-5-13(19)20)17-12(18)7-9-3-4-10(16)8-11(9)15/h3-4,8H,5-7H2,1-2H3,(H,17,18)(H,19,20). The molecular formula is C14H17ClFNO3. The first-order valence-corrected chi connectivity index (χ1v) is 6.54. The van der Waals surface area contributed by atoms with Crippen LogP contribution >= 0.6 is 11.6 Å². The lowest BCUT2D eigenvalue weighted by molar-refractivity contribution is -0.137. The molecule has 6 heteroatoms. The summed E-state index contributed by atoms with van der Waals surface area (Å²) in [6.45, 7) is 3.50. The number of hydrogen-bond acceptors (Lipinski definition) is 2. The molecule has 0 radical (unpaired) electrons.